The minimum atomic E-state index is -0.0152. The Morgan fingerprint density at radius 3 is 2.87 bits per heavy atom. The van der Waals surface area contributed by atoms with Crippen molar-refractivity contribution in [3.63, 3.8) is 0 Å². The fraction of sp³-hybridized carbons (Fsp3) is 0.333. The second-order valence-electron chi connectivity index (χ2n) is 8.06. The van der Waals surface area contributed by atoms with E-state index in [0.717, 1.165) is 42.5 Å². The minimum absolute atomic E-state index is 0.0152. The zero-order chi connectivity index (χ0) is 20.5. The van der Waals surface area contributed by atoms with Crippen LogP contribution in [0.5, 0.6) is 0 Å². The van der Waals surface area contributed by atoms with Crippen molar-refractivity contribution in [2.24, 2.45) is 0 Å². The van der Waals surface area contributed by atoms with Crippen molar-refractivity contribution in [3.8, 4) is 5.69 Å². The quantitative estimate of drug-likeness (QED) is 0.625. The summed E-state index contributed by atoms with van der Waals surface area (Å²) < 4.78 is 8.22. The lowest BCUT2D eigenvalue weighted by molar-refractivity contribution is 0.0836. The molecular formula is C24H26N4OS. The second-order valence-corrected chi connectivity index (χ2v) is 8.44. The van der Waals surface area contributed by atoms with Crippen molar-refractivity contribution in [2.75, 3.05) is 13.2 Å². The number of nitrogens with zero attached hydrogens (tertiary/aromatic N) is 3. The molecule has 1 N–H and O–H groups in total. The van der Waals surface area contributed by atoms with Crippen LogP contribution in [0.15, 0.2) is 67.0 Å². The molecule has 2 saturated heterocycles. The third kappa shape index (κ3) is 3.61. The molecule has 0 bridgehead atoms. The van der Waals surface area contributed by atoms with E-state index in [1.165, 1.54) is 11.3 Å². The van der Waals surface area contributed by atoms with Gasteiger partial charge in [0.15, 0.2) is 5.11 Å². The van der Waals surface area contributed by atoms with Crippen molar-refractivity contribution in [1.29, 1.82) is 0 Å². The molecule has 30 heavy (non-hydrogen) atoms. The Morgan fingerprint density at radius 1 is 1.17 bits per heavy atom. The minimum Gasteiger partial charge on any atom is -0.376 e. The number of rotatable bonds is 5. The van der Waals surface area contributed by atoms with Gasteiger partial charge in [-0.3, -0.25) is 4.98 Å². The Morgan fingerprint density at radius 2 is 2.10 bits per heavy atom. The zero-order valence-electron chi connectivity index (χ0n) is 17.1. The summed E-state index contributed by atoms with van der Waals surface area (Å²) >= 11 is 5.81. The van der Waals surface area contributed by atoms with Crippen molar-refractivity contribution < 1.29 is 4.74 Å². The number of aromatic nitrogens is 2. The summed E-state index contributed by atoms with van der Waals surface area (Å²) in [6, 6.07) is 19.0. The molecule has 2 aliphatic rings. The molecule has 3 aromatic rings. The molecule has 0 amide bonds. The molecule has 2 aliphatic heterocycles. The number of hydrogen-bond donors (Lipinski definition) is 1. The van der Waals surface area contributed by atoms with Gasteiger partial charge in [-0.2, -0.15) is 0 Å². The van der Waals surface area contributed by atoms with Crippen molar-refractivity contribution >= 4 is 17.3 Å². The number of hydrogen-bond acceptors (Lipinski definition) is 3. The molecule has 0 unspecified atom stereocenters. The van der Waals surface area contributed by atoms with E-state index in [0.29, 0.717) is 0 Å². The normalized spacial score (nSPS) is 23.7. The van der Waals surface area contributed by atoms with E-state index in [1.807, 2.05) is 18.3 Å². The van der Waals surface area contributed by atoms with Crippen LogP contribution in [0.25, 0.3) is 5.69 Å². The predicted molar refractivity (Wildman–Crippen MR) is 122 cm³/mol. The third-order valence-electron chi connectivity index (χ3n) is 5.99. The molecule has 2 aromatic heterocycles. The number of aryl methyl sites for hydroxylation is 1. The van der Waals surface area contributed by atoms with Gasteiger partial charge in [0.05, 0.1) is 23.9 Å². The van der Waals surface area contributed by atoms with Crippen LogP contribution in [0.4, 0.5) is 0 Å². The lowest BCUT2D eigenvalue weighted by Gasteiger charge is -2.30. The maximum Gasteiger partial charge on any atom is 0.170 e. The molecule has 154 valence electrons. The monoisotopic (exact) mass is 418 g/mol. The first-order valence-electron chi connectivity index (χ1n) is 10.5. The van der Waals surface area contributed by atoms with Gasteiger partial charge >= 0.3 is 0 Å². The molecule has 6 heteroatoms. The summed E-state index contributed by atoms with van der Waals surface area (Å²) in [4.78, 5) is 6.95. The van der Waals surface area contributed by atoms with Crippen LogP contribution in [0.1, 0.15) is 41.9 Å². The Kier molecular flexibility index (Phi) is 5.27. The summed E-state index contributed by atoms with van der Waals surface area (Å²) in [5, 5.41) is 4.32. The fourth-order valence-electron chi connectivity index (χ4n) is 4.58. The highest BCUT2D eigenvalue weighted by atomic mass is 32.1. The number of thiocarbonyl (C=S) groups is 1. The van der Waals surface area contributed by atoms with Gasteiger partial charge in [-0.1, -0.05) is 18.2 Å². The third-order valence-corrected chi connectivity index (χ3v) is 6.34. The molecule has 5 rings (SSSR count). The van der Waals surface area contributed by atoms with Gasteiger partial charge < -0.3 is 19.5 Å². The summed E-state index contributed by atoms with van der Waals surface area (Å²) in [6.07, 6.45) is 6.40. The van der Waals surface area contributed by atoms with Crippen LogP contribution in [0.3, 0.4) is 0 Å². The average Bonchev–Trinajstić information content (AvgIpc) is 3.50. The number of pyridine rings is 1. The molecule has 5 nitrogen and oxygen atoms in total. The van der Waals surface area contributed by atoms with Crippen molar-refractivity contribution in [2.45, 2.75) is 38.0 Å². The number of nitrogens with one attached hydrogen (secondary N) is 1. The molecular weight excluding hydrogens is 392 g/mol. The molecule has 0 aliphatic carbocycles. The Bertz CT molecular complexity index is 1030. The first kappa shape index (κ1) is 19.3. The maximum atomic E-state index is 5.95. The van der Waals surface area contributed by atoms with E-state index in [4.69, 9.17) is 17.0 Å². The topological polar surface area (TPSA) is 42.3 Å². The van der Waals surface area contributed by atoms with Gasteiger partial charge in [-0.15, -0.1) is 0 Å². The van der Waals surface area contributed by atoms with Gasteiger partial charge in [-0.05, 0) is 73.9 Å². The highest BCUT2D eigenvalue weighted by Gasteiger charge is 2.42. The Balaban J connectivity index is 1.57. The van der Waals surface area contributed by atoms with Crippen LogP contribution in [-0.4, -0.2) is 38.8 Å². The second kappa shape index (κ2) is 8.20. The van der Waals surface area contributed by atoms with Gasteiger partial charge in [0.1, 0.15) is 0 Å². The summed E-state index contributed by atoms with van der Waals surface area (Å²) in [5.41, 5.74) is 4.59. The van der Waals surface area contributed by atoms with Gasteiger partial charge in [0.25, 0.3) is 0 Å². The lowest BCUT2D eigenvalue weighted by atomic mass is 10.0. The number of ether oxygens (including phenoxy) is 1. The summed E-state index contributed by atoms with van der Waals surface area (Å²) in [6.45, 7) is 3.75. The summed E-state index contributed by atoms with van der Waals surface area (Å²) in [7, 11) is 0. The predicted octanol–water partition coefficient (Wildman–Crippen LogP) is 4.33. The molecule has 4 heterocycles. The smallest absolute Gasteiger partial charge is 0.170 e. The van der Waals surface area contributed by atoms with E-state index >= 15 is 0 Å². The van der Waals surface area contributed by atoms with Gasteiger partial charge in [-0.25, -0.2) is 0 Å². The van der Waals surface area contributed by atoms with E-state index in [1.54, 1.807) is 0 Å². The molecule has 0 radical (unpaired) electrons. The summed E-state index contributed by atoms with van der Waals surface area (Å²) in [5.74, 6) is 0. The van der Waals surface area contributed by atoms with E-state index in [-0.39, 0.29) is 18.2 Å². The van der Waals surface area contributed by atoms with Crippen molar-refractivity contribution in [1.82, 2.24) is 19.8 Å². The maximum absolute atomic E-state index is 5.95. The van der Waals surface area contributed by atoms with E-state index < -0.39 is 0 Å². The molecule has 0 saturated carbocycles. The van der Waals surface area contributed by atoms with Gasteiger partial charge in [0.2, 0.25) is 0 Å². The Labute approximate surface area is 182 Å². The Hall–Kier alpha value is -2.70. The van der Waals surface area contributed by atoms with Crippen molar-refractivity contribution in [3.05, 3.63) is 83.9 Å². The van der Waals surface area contributed by atoms with E-state index in [9.17, 15) is 0 Å². The SMILES string of the molecule is Cc1cccc(-n2cccc2[C@@H]2[C@H](c3ccccn3)NC(=S)N2C[C@H]2CCCO2)c1. The van der Waals surface area contributed by atoms with Gasteiger partial charge in [0, 0.05) is 36.9 Å². The highest BCUT2D eigenvalue weighted by Crippen LogP contribution is 2.40. The van der Waals surface area contributed by atoms with E-state index in [2.05, 4.69) is 75.4 Å². The largest absolute Gasteiger partial charge is 0.376 e. The first-order valence-corrected chi connectivity index (χ1v) is 11.0. The fourth-order valence-corrected chi connectivity index (χ4v) is 4.89. The zero-order valence-corrected chi connectivity index (χ0v) is 17.9. The first-order chi connectivity index (χ1) is 14.7. The highest BCUT2D eigenvalue weighted by molar-refractivity contribution is 7.80. The van der Waals surface area contributed by atoms with Crippen LogP contribution < -0.4 is 5.32 Å². The lowest BCUT2D eigenvalue weighted by Crippen LogP contribution is -2.36. The van der Waals surface area contributed by atoms with Crippen LogP contribution in [-0.2, 0) is 4.74 Å². The molecule has 3 atom stereocenters. The molecule has 1 aromatic carbocycles. The molecule has 2 fully saturated rings. The number of benzene rings is 1. The molecule has 0 spiro atoms. The van der Waals surface area contributed by atoms with Crippen LogP contribution in [0, 0.1) is 6.92 Å². The average molecular weight is 419 g/mol. The van der Waals surface area contributed by atoms with Crippen LogP contribution >= 0.6 is 12.2 Å². The standard InChI is InChI=1S/C24H26N4OS/c1-17-7-4-8-18(15-17)27-13-5-11-21(27)23-22(20-10-2-3-12-25-20)26-24(30)28(23)16-19-9-6-14-29-19/h2-5,7-8,10-13,15,19,22-23H,6,9,14,16H2,1H3,(H,26,30)/t19-,22+,23-/m1/s1. The van der Waals surface area contributed by atoms with Crippen LogP contribution in [0.2, 0.25) is 0 Å².